The van der Waals surface area contributed by atoms with Crippen LogP contribution in [0.1, 0.15) is 29.6 Å². The molecule has 1 heterocycles. The Hall–Kier alpha value is -1.98. The van der Waals surface area contributed by atoms with Crippen molar-refractivity contribution in [3.05, 3.63) is 27.8 Å². The van der Waals surface area contributed by atoms with Crippen LogP contribution in [0.3, 0.4) is 0 Å². The molecule has 84 valence electrons. The minimum Gasteiger partial charge on any atom is -0.456 e. The molecule has 0 aliphatic heterocycles. The highest BCUT2D eigenvalue weighted by atomic mass is 16.6. The Morgan fingerprint density at radius 2 is 2.25 bits per heavy atom. The third-order valence-electron chi connectivity index (χ3n) is 2.52. The molecule has 1 aliphatic rings. The van der Waals surface area contributed by atoms with Gasteiger partial charge in [0.15, 0.2) is 6.29 Å². The molecule has 0 unspecified atom stereocenters. The van der Waals surface area contributed by atoms with Gasteiger partial charge in [0.1, 0.15) is 11.7 Å². The second kappa shape index (κ2) is 4.26. The molecule has 0 bridgehead atoms. The van der Waals surface area contributed by atoms with Crippen LogP contribution in [-0.4, -0.2) is 22.3 Å². The molecule has 16 heavy (non-hydrogen) atoms. The zero-order valence-corrected chi connectivity index (χ0v) is 8.46. The lowest BCUT2D eigenvalue weighted by atomic mass is 9.96. The van der Waals surface area contributed by atoms with Crippen molar-refractivity contribution in [2.75, 3.05) is 0 Å². The van der Waals surface area contributed by atoms with Crippen LogP contribution >= 0.6 is 0 Å². The van der Waals surface area contributed by atoms with Gasteiger partial charge in [0.25, 0.3) is 0 Å². The van der Waals surface area contributed by atoms with Gasteiger partial charge in [0.2, 0.25) is 0 Å². The zero-order chi connectivity index (χ0) is 11.5. The van der Waals surface area contributed by atoms with Crippen molar-refractivity contribution in [1.82, 2.24) is 4.98 Å². The summed E-state index contributed by atoms with van der Waals surface area (Å²) in [5, 5.41) is 10.6. The van der Waals surface area contributed by atoms with Gasteiger partial charge in [-0.25, -0.2) is 0 Å². The third-order valence-corrected chi connectivity index (χ3v) is 2.52. The van der Waals surface area contributed by atoms with Gasteiger partial charge in [0.05, 0.1) is 0 Å². The van der Waals surface area contributed by atoms with Gasteiger partial charge in [-0.2, -0.15) is 0 Å². The van der Waals surface area contributed by atoms with Crippen LogP contribution < -0.4 is 4.74 Å². The number of nitro groups is 1. The molecule has 0 N–H and O–H groups in total. The highest BCUT2D eigenvalue weighted by Gasteiger charge is 2.23. The first-order valence-corrected chi connectivity index (χ1v) is 4.98. The summed E-state index contributed by atoms with van der Waals surface area (Å²) < 4.78 is 5.41. The highest BCUT2D eigenvalue weighted by Crippen LogP contribution is 2.25. The summed E-state index contributed by atoms with van der Waals surface area (Å²) in [7, 11) is 0. The van der Waals surface area contributed by atoms with Crippen molar-refractivity contribution in [2.24, 2.45) is 0 Å². The molecule has 1 aromatic rings. The number of carbonyl (C=O) groups is 1. The molecular weight excluding hydrogens is 212 g/mol. The summed E-state index contributed by atoms with van der Waals surface area (Å²) in [6.45, 7) is 0. The molecule has 2 rings (SSSR count). The average Bonchev–Trinajstić information content (AvgIpc) is 2.23. The molecule has 0 atom stereocenters. The number of hydrogen-bond donors (Lipinski definition) is 0. The molecule has 1 saturated carbocycles. The molecule has 0 amide bonds. The Kier molecular flexibility index (Phi) is 2.80. The van der Waals surface area contributed by atoms with Crippen LogP contribution in [0.5, 0.6) is 5.88 Å². The lowest BCUT2D eigenvalue weighted by Gasteiger charge is -2.24. The highest BCUT2D eigenvalue weighted by molar-refractivity contribution is 5.80. The van der Waals surface area contributed by atoms with Crippen LogP contribution in [-0.2, 0) is 0 Å². The van der Waals surface area contributed by atoms with E-state index in [0.717, 1.165) is 19.3 Å². The first kappa shape index (κ1) is 10.5. The van der Waals surface area contributed by atoms with E-state index in [1.165, 1.54) is 12.1 Å². The van der Waals surface area contributed by atoms with E-state index in [2.05, 4.69) is 4.98 Å². The van der Waals surface area contributed by atoms with E-state index in [1.807, 2.05) is 0 Å². The summed E-state index contributed by atoms with van der Waals surface area (Å²) >= 11 is 0. The molecule has 0 spiro atoms. The summed E-state index contributed by atoms with van der Waals surface area (Å²) in [5.74, 6) is -0.242. The maximum absolute atomic E-state index is 10.6. The van der Waals surface area contributed by atoms with Gasteiger partial charge < -0.3 is 14.9 Å². The van der Waals surface area contributed by atoms with Crippen LogP contribution in [0.25, 0.3) is 0 Å². The molecule has 1 aliphatic carbocycles. The Labute approximate surface area is 91.4 Å². The van der Waals surface area contributed by atoms with Crippen LogP contribution in [0.15, 0.2) is 12.1 Å². The molecule has 6 nitrogen and oxygen atoms in total. The quantitative estimate of drug-likeness (QED) is 0.440. The zero-order valence-electron chi connectivity index (χ0n) is 8.46. The summed E-state index contributed by atoms with van der Waals surface area (Å²) in [4.78, 5) is 24.2. The average molecular weight is 222 g/mol. The maximum atomic E-state index is 10.6. The molecule has 6 heteroatoms. The minimum atomic E-state index is -0.683. The van der Waals surface area contributed by atoms with Crippen LogP contribution in [0.2, 0.25) is 0 Å². The second-order valence-corrected chi connectivity index (χ2v) is 3.61. The largest absolute Gasteiger partial charge is 0.456 e. The number of hydrogen-bond acceptors (Lipinski definition) is 5. The predicted octanol–water partition coefficient (Wildman–Crippen LogP) is 1.73. The van der Waals surface area contributed by atoms with Crippen LogP contribution in [0, 0.1) is 10.1 Å². The number of pyridine rings is 1. The van der Waals surface area contributed by atoms with Gasteiger partial charge in [-0.15, -0.1) is 0 Å². The Morgan fingerprint density at radius 1 is 1.50 bits per heavy atom. The van der Waals surface area contributed by atoms with E-state index in [4.69, 9.17) is 4.74 Å². The third kappa shape index (κ3) is 2.00. The maximum Gasteiger partial charge on any atom is 0.378 e. The first-order chi connectivity index (χ1) is 7.70. The summed E-state index contributed by atoms with van der Waals surface area (Å²) in [6, 6.07) is 2.83. The molecule has 0 saturated heterocycles. The Morgan fingerprint density at radius 3 is 2.75 bits per heavy atom. The molecule has 1 fully saturated rings. The topological polar surface area (TPSA) is 82.3 Å². The van der Waals surface area contributed by atoms with Gasteiger partial charge >= 0.3 is 11.7 Å². The van der Waals surface area contributed by atoms with Crippen LogP contribution in [0.4, 0.5) is 5.82 Å². The predicted molar refractivity (Wildman–Crippen MR) is 54.5 cm³/mol. The number of rotatable bonds is 4. The number of ether oxygens (including phenoxy) is 1. The van der Waals surface area contributed by atoms with E-state index < -0.39 is 10.7 Å². The van der Waals surface area contributed by atoms with Gasteiger partial charge in [-0.3, -0.25) is 4.79 Å². The van der Waals surface area contributed by atoms with Crippen molar-refractivity contribution in [3.63, 3.8) is 0 Å². The second-order valence-electron chi connectivity index (χ2n) is 3.61. The normalized spacial score (nSPS) is 15.2. The lowest BCUT2D eigenvalue weighted by Crippen LogP contribution is -2.25. The van der Waals surface area contributed by atoms with E-state index in [-0.39, 0.29) is 17.5 Å². The fraction of sp³-hybridized carbons (Fsp3) is 0.400. The molecule has 0 radical (unpaired) electrons. The van der Waals surface area contributed by atoms with Crippen molar-refractivity contribution >= 4 is 12.1 Å². The van der Waals surface area contributed by atoms with Gasteiger partial charge in [-0.05, 0) is 30.3 Å². The van der Waals surface area contributed by atoms with Crippen molar-refractivity contribution in [2.45, 2.75) is 25.4 Å². The number of aldehydes is 1. The fourth-order valence-electron chi connectivity index (χ4n) is 1.41. The van der Waals surface area contributed by atoms with E-state index in [0.29, 0.717) is 6.29 Å². The first-order valence-electron chi connectivity index (χ1n) is 4.98. The van der Waals surface area contributed by atoms with Crippen molar-refractivity contribution in [3.8, 4) is 5.88 Å². The van der Waals surface area contributed by atoms with Crippen molar-refractivity contribution < 1.29 is 14.5 Å². The van der Waals surface area contributed by atoms with Gasteiger partial charge in [-0.1, -0.05) is 0 Å². The minimum absolute atomic E-state index is 0.0361. The molecular formula is C10H10N2O4. The van der Waals surface area contributed by atoms with E-state index in [9.17, 15) is 14.9 Å². The van der Waals surface area contributed by atoms with Gasteiger partial charge in [0, 0.05) is 11.1 Å². The monoisotopic (exact) mass is 222 g/mol. The summed E-state index contributed by atoms with van der Waals surface area (Å²) in [5.41, 5.74) is -0.0361. The number of aromatic nitrogens is 1. The van der Waals surface area contributed by atoms with Crippen molar-refractivity contribution in [1.29, 1.82) is 0 Å². The number of nitrogens with zero attached hydrogens (tertiary/aromatic N) is 2. The number of carbonyl (C=O) groups excluding carboxylic acids is 1. The SMILES string of the molecule is O=Cc1ccc(OC2CCC2)nc1[N+](=O)[O-]. The fourth-order valence-corrected chi connectivity index (χ4v) is 1.41. The molecule has 0 aromatic carbocycles. The Bertz CT molecular complexity index is 429. The van der Waals surface area contributed by atoms with E-state index in [1.54, 1.807) is 0 Å². The smallest absolute Gasteiger partial charge is 0.378 e. The van der Waals surface area contributed by atoms with E-state index >= 15 is 0 Å². The lowest BCUT2D eigenvalue weighted by molar-refractivity contribution is -0.389. The molecule has 1 aromatic heterocycles. The summed E-state index contributed by atoms with van der Waals surface area (Å²) in [6.07, 6.45) is 3.53. The standard InChI is InChI=1S/C10H10N2O4/c13-6-7-4-5-9(11-10(7)12(14)15)16-8-2-1-3-8/h4-6,8H,1-3H2. The Balaban J connectivity index is 2.23.